The van der Waals surface area contributed by atoms with Gasteiger partial charge in [0.15, 0.2) is 0 Å². The van der Waals surface area contributed by atoms with E-state index in [0.717, 1.165) is 18.5 Å². The van der Waals surface area contributed by atoms with Crippen molar-refractivity contribution in [2.24, 2.45) is 0 Å². The Hall–Kier alpha value is -2.63. The average molecular weight is 368 g/mol. The molecule has 1 aliphatic rings. The number of piperidine rings is 1. The second-order valence-corrected chi connectivity index (χ2v) is 8.00. The van der Waals surface area contributed by atoms with Crippen molar-refractivity contribution in [3.05, 3.63) is 47.9 Å². The number of hydrogen-bond acceptors (Lipinski definition) is 4. The first-order valence-corrected chi connectivity index (χ1v) is 9.44. The largest absolute Gasteiger partial charge is 0.474 e. The van der Waals surface area contributed by atoms with Crippen LogP contribution in [0.25, 0.3) is 0 Å². The van der Waals surface area contributed by atoms with Gasteiger partial charge in [-0.2, -0.15) is 4.98 Å². The van der Waals surface area contributed by atoms with Gasteiger partial charge in [0.1, 0.15) is 11.9 Å². The number of ether oxygens (including phenoxy) is 1. The van der Waals surface area contributed by atoms with Crippen molar-refractivity contribution in [2.45, 2.75) is 52.1 Å². The van der Waals surface area contributed by atoms with E-state index in [4.69, 9.17) is 4.74 Å². The molecule has 1 N–H and O–H groups in total. The monoisotopic (exact) mass is 368 g/mol. The summed E-state index contributed by atoms with van der Waals surface area (Å²) in [5.74, 6) is 1.30. The summed E-state index contributed by atoms with van der Waals surface area (Å²) >= 11 is 0. The minimum atomic E-state index is -0.0603. The second kappa shape index (κ2) is 7.94. The number of aryl methyl sites for hydroxylation is 1. The molecule has 0 aliphatic carbocycles. The molecule has 0 atom stereocenters. The molecule has 1 aliphatic heterocycles. The summed E-state index contributed by atoms with van der Waals surface area (Å²) in [6.45, 7) is 9.70. The lowest BCUT2D eigenvalue weighted by atomic mass is 9.87. The highest BCUT2D eigenvalue weighted by molar-refractivity contribution is 5.89. The van der Waals surface area contributed by atoms with Gasteiger partial charge in [-0.25, -0.2) is 9.78 Å². The van der Waals surface area contributed by atoms with Gasteiger partial charge in [0.2, 0.25) is 5.88 Å². The van der Waals surface area contributed by atoms with Crippen molar-refractivity contribution >= 4 is 11.7 Å². The first-order valence-electron chi connectivity index (χ1n) is 9.44. The number of likely N-dealkylation sites (tertiary alicyclic amines) is 1. The summed E-state index contributed by atoms with van der Waals surface area (Å²) in [5.41, 5.74) is 2.17. The van der Waals surface area contributed by atoms with E-state index in [1.807, 2.05) is 24.0 Å². The summed E-state index contributed by atoms with van der Waals surface area (Å²) in [6.07, 6.45) is 3.36. The lowest BCUT2D eigenvalue weighted by Gasteiger charge is -2.32. The summed E-state index contributed by atoms with van der Waals surface area (Å²) in [4.78, 5) is 22.7. The third-order valence-electron chi connectivity index (χ3n) is 4.77. The maximum Gasteiger partial charge on any atom is 0.321 e. The van der Waals surface area contributed by atoms with E-state index in [9.17, 15) is 4.79 Å². The fourth-order valence-corrected chi connectivity index (χ4v) is 3.10. The molecular weight excluding hydrogens is 340 g/mol. The minimum absolute atomic E-state index is 0.0603. The van der Waals surface area contributed by atoms with E-state index in [1.54, 1.807) is 12.3 Å². The number of anilines is 1. The summed E-state index contributed by atoms with van der Waals surface area (Å²) < 4.78 is 5.92. The number of amides is 2. The van der Waals surface area contributed by atoms with Gasteiger partial charge in [-0.3, -0.25) is 0 Å². The molecule has 1 aromatic carbocycles. The molecule has 1 saturated heterocycles. The molecule has 1 aromatic heterocycles. The van der Waals surface area contributed by atoms with Gasteiger partial charge < -0.3 is 15.0 Å². The standard InChI is InChI=1S/C21H28N4O2/c1-15-22-12-9-19(23-15)27-18-10-13-25(14-11-18)20(26)24-17-7-5-16(6-8-17)21(2,3)4/h5-9,12,18H,10-11,13-14H2,1-4H3,(H,24,26). The van der Waals surface area contributed by atoms with Crippen molar-refractivity contribution in [3.8, 4) is 5.88 Å². The van der Waals surface area contributed by atoms with E-state index in [-0.39, 0.29) is 17.6 Å². The Kier molecular flexibility index (Phi) is 5.63. The van der Waals surface area contributed by atoms with Crippen LogP contribution in [0, 0.1) is 6.92 Å². The molecule has 3 rings (SSSR count). The van der Waals surface area contributed by atoms with Crippen molar-refractivity contribution < 1.29 is 9.53 Å². The average Bonchev–Trinajstić information content (AvgIpc) is 2.62. The summed E-state index contributed by atoms with van der Waals surface area (Å²) in [5, 5.41) is 2.99. The Morgan fingerprint density at radius 3 is 2.41 bits per heavy atom. The van der Waals surface area contributed by atoms with Crippen molar-refractivity contribution in [3.63, 3.8) is 0 Å². The zero-order valence-corrected chi connectivity index (χ0v) is 16.5. The quantitative estimate of drug-likeness (QED) is 0.883. The Morgan fingerprint density at radius 2 is 1.81 bits per heavy atom. The third-order valence-corrected chi connectivity index (χ3v) is 4.77. The normalized spacial score (nSPS) is 15.5. The maximum absolute atomic E-state index is 12.5. The van der Waals surface area contributed by atoms with Crippen LogP contribution in [0.2, 0.25) is 0 Å². The molecule has 0 bridgehead atoms. The van der Waals surface area contributed by atoms with Crippen LogP contribution in [0.3, 0.4) is 0 Å². The number of nitrogens with one attached hydrogen (secondary N) is 1. The van der Waals surface area contributed by atoms with Crippen LogP contribution in [0.5, 0.6) is 5.88 Å². The van der Waals surface area contributed by atoms with Gasteiger partial charge in [-0.05, 0) is 30.0 Å². The highest BCUT2D eigenvalue weighted by Crippen LogP contribution is 2.24. The van der Waals surface area contributed by atoms with Crippen LogP contribution in [0.1, 0.15) is 45.0 Å². The van der Waals surface area contributed by atoms with Crippen molar-refractivity contribution in [1.82, 2.24) is 14.9 Å². The van der Waals surface area contributed by atoms with Crippen LogP contribution in [-0.4, -0.2) is 40.1 Å². The van der Waals surface area contributed by atoms with Crippen molar-refractivity contribution in [1.29, 1.82) is 0 Å². The number of urea groups is 1. The van der Waals surface area contributed by atoms with Crippen LogP contribution in [0.4, 0.5) is 10.5 Å². The first kappa shape index (κ1) is 19.1. The molecule has 1 fully saturated rings. The summed E-state index contributed by atoms with van der Waals surface area (Å²) in [7, 11) is 0. The molecule has 2 heterocycles. The van der Waals surface area contributed by atoms with E-state index in [1.165, 1.54) is 5.56 Å². The number of carbonyl (C=O) groups excluding carboxylic acids is 1. The Morgan fingerprint density at radius 1 is 1.15 bits per heavy atom. The number of benzene rings is 1. The minimum Gasteiger partial charge on any atom is -0.474 e. The molecule has 0 saturated carbocycles. The zero-order chi connectivity index (χ0) is 19.4. The summed E-state index contributed by atoms with van der Waals surface area (Å²) in [6, 6.07) is 9.78. The molecule has 2 aromatic rings. The molecule has 0 unspecified atom stereocenters. The molecular formula is C21H28N4O2. The molecule has 2 amide bonds. The van der Waals surface area contributed by atoms with Gasteiger partial charge in [-0.1, -0.05) is 32.9 Å². The number of hydrogen-bond donors (Lipinski definition) is 1. The number of nitrogens with zero attached hydrogens (tertiary/aromatic N) is 3. The van der Waals surface area contributed by atoms with Gasteiger partial charge >= 0.3 is 6.03 Å². The Balaban J connectivity index is 1.49. The zero-order valence-electron chi connectivity index (χ0n) is 16.5. The molecule has 144 valence electrons. The Labute approximate surface area is 161 Å². The van der Waals surface area contributed by atoms with Crippen LogP contribution in [0.15, 0.2) is 36.5 Å². The lowest BCUT2D eigenvalue weighted by molar-refractivity contribution is 0.111. The molecule has 0 spiro atoms. The predicted molar refractivity (Wildman–Crippen MR) is 106 cm³/mol. The van der Waals surface area contributed by atoms with Crippen LogP contribution < -0.4 is 10.1 Å². The maximum atomic E-state index is 12.5. The topological polar surface area (TPSA) is 67.3 Å². The van der Waals surface area contributed by atoms with Gasteiger partial charge in [0.05, 0.1) is 0 Å². The fourth-order valence-electron chi connectivity index (χ4n) is 3.10. The highest BCUT2D eigenvalue weighted by atomic mass is 16.5. The van der Waals surface area contributed by atoms with Crippen molar-refractivity contribution in [2.75, 3.05) is 18.4 Å². The Bertz CT molecular complexity index is 776. The lowest BCUT2D eigenvalue weighted by Crippen LogP contribution is -2.43. The fraction of sp³-hybridized carbons (Fsp3) is 0.476. The number of rotatable bonds is 3. The van der Waals surface area contributed by atoms with Gasteiger partial charge in [0.25, 0.3) is 0 Å². The number of carbonyl (C=O) groups is 1. The SMILES string of the molecule is Cc1nccc(OC2CCN(C(=O)Nc3ccc(C(C)(C)C)cc3)CC2)n1. The predicted octanol–water partition coefficient (Wildman–Crippen LogP) is 4.16. The van der Waals surface area contributed by atoms with Gasteiger partial charge in [-0.15, -0.1) is 0 Å². The van der Waals surface area contributed by atoms with E-state index >= 15 is 0 Å². The third kappa shape index (κ3) is 5.18. The second-order valence-electron chi connectivity index (χ2n) is 8.00. The van der Waals surface area contributed by atoms with E-state index in [2.05, 4.69) is 48.2 Å². The smallest absolute Gasteiger partial charge is 0.321 e. The van der Waals surface area contributed by atoms with E-state index < -0.39 is 0 Å². The molecule has 27 heavy (non-hydrogen) atoms. The van der Waals surface area contributed by atoms with E-state index in [0.29, 0.717) is 24.8 Å². The first-order chi connectivity index (χ1) is 12.8. The molecule has 0 radical (unpaired) electrons. The van der Waals surface area contributed by atoms with Crippen LogP contribution in [-0.2, 0) is 5.41 Å². The highest BCUT2D eigenvalue weighted by Gasteiger charge is 2.24. The van der Waals surface area contributed by atoms with Crippen LogP contribution >= 0.6 is 0 Å². The van der Waals surface area contributed by atoms with Gasteiger partial charge in [0, 0.05) is 43.9 Å². The molecule has 6 heteroatoms. The molecule has 6 nitrogen and oxygen atoms in total. The number of aromatic nitrogens is 2.